The Morgan fingerprint density at radius 1 is 0.776 bits per heavy atom. The lowest BCUT2D eigenvalue weighted by atomic mass is 10.0. The lowest BCUT2D eigenvalue weighted by Gasteiger charge is -2.25. The molecule has 0 aliphatic heterocycles. The van der Waals surface area contributed by atoms with E-state index < -0.39 is 47.9 Å². The highest BCUT2D eigenvalue weighted by Gasteiger charge is 2.29. The van der Waals surface area contributed by atoms with Gasteiger partial charge in [-0.1, -0.05) is 86.5 Å². The molecule has 0 aromatic heterocycles. The first-order chi connectivity index (χ1) is 23.3. The van der Waals surface area contributed by atoms with Gasteiger partial charge in [0.2, 0.25) is 18.2 Å². The molecule has 49 heavy (non-hydrogen) atoms. The van der Waals surface area contributed by atoms with E-state index in [-0.39, 0.29) is 30.8 Å². The van der Waals surface area contributed by atoms with Crippen LogP contribution in [0.25, 0.3) is 0 Å². The molecule has 3 atom stereocenters. The van der Waals surface area contributed by atoms with Crippen LogP contribution >= 0.6 is 0 Å². The third kappa shape index (κ3) is 14.0. The number of carbonyl (C=O) groups excluding carboxylic acids is 4. The summed E-state index contributed by atoms with van der Waals surface area (Å²) in [6.07, 6.45) is 0.265. The molecular weight excluding hydrogens is 629 g/mol. The van der Waals surface area contributed by atoms with Crippen LogP contribution < -0.4 is 20.7 Å². The third-order valence-electron chi connectivity index (χ3n) is 7.21. The lowest BCUT2D eigenvalue weighted by Crippen LogP contribution is -2.55. The van der Waals surface area contributed by atoms with E-state index in [1.54, 1.807) is 39.0 Å². The number of unbranched alkanes of at least 4 members (excludes halogenated alkanes) is 2. The predicted molar refractivity (Wildman–Crippen MR) is 185 cm³/mol. The number of alkyl carbamates (subject to hydrolysis) is 1. The van der Waals surface area contributed by atoms with E-state index in [1.807, 2.05) is 48.5 Å². The summed E-state index contributed by atoms with van der Waals surface area (Å²) in [4.78, 5) is 53.3. The first kappa shape index (κ1) is 38.5. The molecule has 0 aliphatic carbocycles. The Morgan fingerprint density at radius 3 is 2.00 bits per heavy atom. The van der Waals surface area contributed by atoms with Crippen LogP contribution in [0.15, 0.2) is 78.9 Å². The maximum absolute atomic E-state index is 13.9. The van der Waals surface area contributed by atoms with Crippen LogP contribution in [0.2, 0.25) is 0 Å². The zero-order chi connectivity index (χ0) is 35.8. The summed E-state index contributed by atoms with van der Waals surface area (Å²) in [6, 6.07) is 20.6. The van der Waals surface area contributed by atoms with Crippen LogP contribution in [0.5, 0.6) is 5.75 Å². The van der Waals surface area contributed by atoms with E-state index in [0.717, 1.165) is 30.4 Å². The van der Waals surface area contributed by atoms with E-state index in [4.69, 9.17) is 14.2 Å². The van der Waals surface area contributed by atoms with Crippen molar-refractivity contribution in [1.82, 2.24) is 16.0 Å². The molecule has 11 heteroatoms. The van der Waals surface area contributed by atoms with Crippen molar-refractivity contribution in [2.24, 2.45) is 0 Å². The van der Waals surface area contributed by atoms with Gasteiger partial charge in [-0.3, -0.25) is 9.59 Å². The number of nitrogens with one attached hydrogen (secondary N) is 3. The summed E-state index contributed by atoms with van der Waals surface area (Å²) in [5.74, 6) is -1.80. The van der Waals surface area contributed by atoms with Crippen LogP contribution in [-0.4, -0.2) is 54.5 Å². The van der Waals surface area contributed by atoms with Gasteiger partial charge in [-0.15, -0.1) is 0 Å². The maximum Gasteiger partial charge on any atom is 0.408 e. The van der Waals surface area contributed by atoms with Crippen molar-refractivity contribution in [3.05, 3.63) is 101 Å². The van der Waals surface area contributed by atoms with Crippen molar-refractivity contribution in [2.75, 3.05) is 6.54 Å². The first-order valence-corrected chi connectivity index (χ1v) is 16.6. The standard InChI is InChI=1S/C38H48FN3O7/c1-6-7-14-21-40-34(43)31(41-35(44)32(23-27-15-10-8-11-16-27)42-37(46)49-38(3,4)5)24-29-19-20-33(48-26(2)39)30(22-29)36(45)47-25-28-17-12-9-13-18-28/h8-13,15-20,22,26,31-32H,6-7,14,21,23-25H2,1-5H3,(H,40,43)(H,41,44)(H,42,46). The fourth-order valence-corrected chi connectivity index (χ4v) is 4.88. The van der Waals surface area contributed by atoms with Crippen LogP contribution in [-0.2, 0) is 38.5 Å². The van der Waals surface area contributed by atoms with Gasteiger partial charge in [-0.05, 0) is 56.0 Å². The number of benzene rings is 3. The Bertz CT molecular complexity index is 1510. The fourth-order valence-electron chi connectivity index (χ4n) is 4.88. The number of alkyl halides is 1. The summed E-state index contributed by atoms with van der Waals surface area (Å²) >= 11 is 0. The number of amides is 3. The molecule has 0 saturated carbocycles. The highest BCUT2D eigenvalue weighted by atomic mass is 19.1. The van der Waals surface area contributed by atoms with Gasteiger partial charge < -0.3 is 30.2 Å². The molecule has 3 amide bonds. The third-order valence-corrected chi connectivity index (χ3v) is 7.21. The summed E-state index contributed by atoms with van der Waals surface area (Å²) in [6.45, 7) is 8.78. The summed E-state index contributed by atoms with van der Waals surface area (Å²) in [5, 5.41) is 8.34. The second-order valence-corrected chi connectivity index (χ2v) is 12.7. The minimum Gasteiger partial charge on any atom is -0.460 e. The number of rotatable bonds is 17. The average Bonchev–Trinajstić information content (AvgIpc) is 3.05. The number of hydrogen-bond acceptors (Lipinski definition) is 7. The van der Waals surface area contributed by atoms with E-state index in [2.05, 4.69) is 22.9 Å². The second kappa shape index (κ2) is 19.2. The molecule has 3 N–H and O–H groups in total. The Morgan fingerprint density at radius 2 is 1.39 bits per heavy atom. The number of esters is 1. The number of ether oxygens (including phenoxy) is 3. The molecule has 3 aromatic rings. The SMILES string of the molecule is CCCCCNC(=O)C(Cc1ccc(OC(C)F)c(C(=O)OCc2ccccc2)c1)NC(=O)C(Cc1ccccc1)NC(=O)OC(C)(C)C. The lowest BCUT2D eigenvalue weighted by molar-refractivity contribution is -0.130. The van der Waals surface area contributed by atoms with Crippen molar-refractivity contribution < 1.29 is 37.8 Å². The van der Waals surface area contributed by atoms with Gasteiger partial charge in [0.05, 0.1) is 0 Å². The van der Waals surface area contributed by atoms with Crippen molar-refractivity contribution in [3.8, 4) is 5.75 Å². The molecule has 3 aromatic carbocycles. The minimum absolute atomic E-state index is 0.0131. The van der Waals surface area contributed by atoms with Crippen molar-refractivity contribution in [1.29, 1.82) is 0 Å². The molecule has 3 unspecified atom stereocenters. The van der Waals surface area contributed by atoms with Crippen LogP contribution in [0.1, 0.15) is 80.9 Å². The smallest absolute Gasteiger partial charge is 0.408 e. The first-order valence-electron chi connectivity index (χ1n) is 16.6. The second-order valence-electron chi connectivity index (χ2n) is 12.7. The Labute approximate surface area is 288 Å². The Hall–Kier alpha value is -4.93. The van der Waals surface area contributed by atoms with Gasteiger partial charge >= 0.3 is 12.1 Å². The van der Waals surface area contributed by atoms with Gasteiger partial charge in [0.15, 0.2) is 0 Å². The highest BCUT2D eigenvalue weighted by Crippen LogP contribution is 2.24. The van der Waals surface area contributed by atoms with Gasteiger partial charge in [0.1, 0.15) is 35.6 Å². The molecule has 0 radical (unpaired) electrons. The molecule has 3 rings (SSSR count). The van der Waals surface area contributed by atoms with E-state index in [0.29, 0.717) is 12.1 Å². The summed E-state index contributed by atoms with van der Waals surface area (Å²) in [7, 11) is 0. The molecule has 0 aliphatic rings. The normalized spacial score (nSPS) is 12.9. The molecular formula is C38H48FN3O7. The average molecular weight is 678 g/mol. The summed E-state index contributed by atoms with van der Waals surface area (Å²) < 4.78 is 30.1. The minimum atomic E-state index is -1.70. The topological polar surface area (TPSA) is 132 Å². The number of halogens is 1. The quantitative estimate of drug-likeness (QED) is 0.114. The predicted octanol–water partition coefficient (Wildman–Crippen LogP) is 6.21. The van der Waals surface area contributed by atoms with Gasteiger partial charge in [0, 0.05) is 26.3 Å². The van der Waals surface area contributed by atoms with Crippen LogP contribution in [0.3, 0.4) is 0 Å². The number of hydrogen-bond donors (Lipinski definition) is 3. The van der Waals surface area contributed by atoms with E-state index >= 15 is 0 Å². The van der Waals surface area contributed by atoms with Crippen molar-refractivity contribution in [2.45, 2.75) is 97.4 Å². The Balaban J connectivity index is 1.89. The molecule has 0 fully saturated rings. The zero-order valence-electron chi connectivity index (χ0n) is 28.9. The fraction of sp³-hybridized carbons (Fsp3) is 0.421. The van der Waals surface area contributed by atoms with E-state index in [9.17, 15) is 23.6 Å². The van der Waals surface area contributed by atoms with Crippen molar-refractivity contribution in [3.63, 3.8) is 0 Å². The summed E-state index contributed by atoms with van der Waals surface area (Å²) in [5.41, 5.74) is 1.21. The van der Waals surface area contributed by atoms with Crippen LogP contribution in [0, 0.1) is 0 Å². The largest absolute Gasteiger partial charge is 0.460 e. The van der Waals surface area contributed by atoms with E-state index in [1.165, 1.54) is 19.1 Å². The molecule has 0 spiro atoms. The molecule has 0 heterocycles. The number of carbonyl (C=O) groups is 4. The highest BCUT2D eigenvalue weighted by molar-refractivity contribution is 5.93. The zero-order valence-corrected chi connectivity index (χ0v) is 28.9. The molecule has 0 bridgehead atoms. The molecule has 0 saturated heterocycles. The van der Waals surface area contributed by atoms with Gasteiger partial charge in [0.25, 0.3) is 0 Å². The molecule has 10 nitrogen and oxygen atoms in total. The van der Waals surface area contributed by atoms with Crippen LogP contribution in [0.4, 0.5) is 9.18 Å². The van der Waals surface area contributed by atoms with Gasteiger partial charge in [-0.25, -0.2) is 14.0 Å². The Kier molecular flexibility index (Phi) is 15.1. The van der Waals surface area contributed by atoms with Crippen molar-refractivity contribution >= 4 is 23.9 Å². The monoisotopic (exact) mass is 677 g/mol. The van der Waals surface area contributed by atoms with Gasteiger partial charge in [-0.2, -0.15) is 0 Å². The molecule has 264 valence electrons. The maximum atomic E-state index is 13.9.